The van der Waals surface area contributed by atoms with Crippen molar-refractivity contribution in [3.8, 4) is 0 Å². The minimum atomic E-state index is -1.45. The van der Waals surface area contributed by atoms with Crippen LogP contribution in [0, 0.1) is 0 Å². The van der Waals surface area contributed by atoms with Gasteiger partial charge in [0.25, 0.3) is 0 Å². The maximum atomic E-state index is 11.7. The van der Waals surface area contributed by atoms with Gasteiger partial charge in [-0.05, 0) is 12.1 Å². The fourth-order valence-corrected chi connectivity index (χ4v) is 1.78. The van der Waals surface area contributed by atoms with Crippen LogP contribution in [0.5, 0.6) is 0 Å². The molecule has 1 aliphatic heterocycles. The van der Waals surface area contributed by atoms with Gasteiger partial charge >= 0.3 is 0 Å². The maximum absolute atomic E-state index is 11.7. The fourth-order valence-electron chi connectivity index (χ4n) is 1.32. The van der Waals surface area contributed by atoms with E-state index in [0.29, 0.717) is 11.3 Å². The van der Waals surface area contributed by atoms with E-state index in [1.54, 1.807) is 24.3 Å². The molecule has 0 aromatic heterocycles. The number of nitrogens with one attached hydrogen (secondary N) is 1. The molecule has 0 saturated carbocycles. The number of fused-ring (bicyclic) bond motifs is 1. The Morgan fingerprint density at radius 3 is 2.60 bits per heavy atom. The summed E-state index contributed by atoms with van der Waals surface area (Å²) in [5.41, 5.74) is 1.07. The van der Waals surface area contributed by atoms with Crippen LogP contribution >= 0.6 is 34.8 Å². The summed E-state index contributed by atoms with van der Waals surface area (Å²) < 4.78 is -1.45. The summed E-state index contributed by atoms with van der Waals surface area (Å²) >= 11 is 17.7. The van der Waals surface area contributed by atoms with E-state index in [1.807, 2.05) is 0 Å². The van der Waals surface area contributed by atoms with Crippen LogP contribution < -0.4 is 5.32 Å². The van der Waals surface area contributed by atoms with Gasteiger partial charge in [0.2, 0.25) is 4.46 Å². The van der Waals surface area contributed by atoms with Crippen molar-refractivity contribution in [2.75, 3.05) is 5.32 Å². The topological polar surface area (TPSA) is 29.1 Å². The average molecular weight is 263 g/mol. The third-order valence-electron chi connectivity index (χ3n) is 2.04. The third kappa shape index (κ3) is 1.98. The number of allylic oxidation sites excluding steroid dienone is 1. The van der Waals surface area contributed by atoms with E-state index in [9.17, 15) is 4.79 Å². The first-order chi connectivity index (χ1) is 7.00. The van der Waals surface area contributed by atoms with Crippen LogP contribution in [0.15, 0.2) is 35.4 Å². The van der Waals surface area contributed by atoms with Gasteiger partial charge in [-0.3, -0.25) is 4.79 Å². The fraction of sp³-hybridized carbons (Fsp3) is 0.100. The molecule has 15 heavy (non-hydrogen) atoms. The van der Waals surface area contributed by atoms with E-state index < -0.39 is 4.46 Å². The van der Waals surface area contributed by atoms with Gasteiger partial charge in [0, 0.05) is 17.3 Å². The molecule has 2 rings (SSSR count). The van der Waals surface area contributed by atoms with Gasteiger partial charge in [-0.15, -0.1) is 0 Å². The van der Waals surface area contributed by atoms with Crippen molar-refractivity contribution < 1.29 is 4.79 Å². The normalized spacial score (nSPS) is 18.6. The molecule has 0 saturated heterocycles. The van der Waals surface area contributed by atoms with Crippen LogP contribution in [0.25, 0.3) is 0 Å². The zero-order valence-electron chi connectivity index (χ0n) is 7.43. The number of hydrogen-bond donors (Lipinski definition) is 1. The lowest BCUT2D eigenvalue weighted by molar-refractivity contribution is 0.104. The summed E-state index contributed by atoms with van der Waals surface area (Å²) in [4.78, 5) is 11.7. The molecule has 0 fully saturated rings. The highest BCUT2D eigenvalue weighted by Crippen LogP contribution is 2.37. The second-order valence-electron chi connectivity index (χ2n) is 3.10. The number of hydrogen-bond acceptors (Lipinski definition) is 2. The van der Waals surface area contributed by atoms with Crippen molar-refractivity contribution in [1.82, 2.24) is 0 Å². The quantitative estimate of drug-likeness (QED) is 0.572. The lowest BCUT2D eigenvalue weighted by Crippen LogP contribution is -2.24. The van der Waals surface area contributed by atoms with Gasteiger partial charge in [0.1, 0.15) is 0 Å². The standard InChI is InChI=1S/C10H6Cl3NO/c11-9-5-8(15)6-3-1-2-4-7(6)14-10(9,12)13/h1-5,14H. The monoisotopic (exact) mass is 261 g/mol. The van der Waals surface area contributed by atoms with E-state index in [0.717, 1.165) is 0 Å². The first-order valence-electron chi connectivity index (χ1n) is 4.18. The Kier molecular flexibility index (Phi) is 2.67. The van der Waals surface area contributed by atoms with E-state index in [1.165, 1.54) is 6.08 Å². The molecule has 1 N–H and O–H groups in total. The van der Waals surface area contributed by atoms with Crippen LogP contribution in [0.3, 0.4) is 0 Å². The summed E-state index contributed by atoms with van der Waals surface area (Å²) in [7, 11) is 0. The number of rotatable bonds is 0. The number of para-hydroxylation sites is 1. The Hall–Kier alpha value is -0.700. The highest BCUT2D eigenvalue weighted by molar-refractivity contribution is 6.57. The van der Waals surface area contributed by atoms with Crippen molar-refractivity contribution >= 4 is 46.3 Å². The average Bonchev–Trinajstić information content (AvgIpc) is 2.24. The molecule has 1 heterocycles. The number of alkyl halides is 2. The zero-order chi connectivity index (χ0) is 11.1. The third-order valence-corrected chi connectivity index (χ3v) is 3.22. The number of benzene rings is 1. The van der Waals surface area contributed by atoms with Crippen LogP contribution in [0.2, 0.25) is 0 Å². The Balaban J connectivity index is 2.59. The lowest BCUT2D eigenvalue weighted by Gasteiger charge is -2.20. The maximum Gasteiger partial charge on any atom is 0.225 e. The smallest absolute Gasteiger partial charge is 0.225 e. The minimum absolute atomic E-state index is 0.0621. The zero-order valence-corrected chi connectivity index (χ0v) is 9.70. The molecule has 78 valence electrons. The SMILES string of the molecule is O=C1C=C(Cl)C(Cl)(Cl)Nc2ccccc21. The Bertz CT molecular complexity index is 454. The van der Waals surface area contributed by atoms with Crippen molar-refractivity contribution in [2.24, 2.45) is 0 Å². The van der Waals surface area contributed by atoms with Gasteiger partial charge in [-0.25, -0.2) is 0 Å². The molecule has 1 aromatic rings. The highest BCUT2D eigenvalue weighted by atomic mass is 35.5. The second-order valence-corrected chi connectivity index (χ2v) is 4.84. The summed E-state index contributed by atoms with van der Waals surface area (Å²) in [5.74, 6) is -0.216. The highest BCUT2D eigenvalue weighted by Gasteiger charge is 2.32. The van der Waals surface area contributed by atoms with E-state index >= 15 is 0 Å². The number of carbonyl (C=O) groups is 1. The predicted octanol–water partition coefficient (Wildman–Crippen LogP) is 3.55. The molecular weight excluding hydrogens is 256 g/mol. The van der Waals surface area contributed by atoms with E-state index in [2.05, 4.69) is 5.32 Å². The lowest BCUT2D eigenvalue weighted by atomic mass is 10.1. The number of anilines is 1. The van der Waals surface area contributed by atoms with Gasteiger partial charge in [-0.1, -0.05) is 46.9 Å². The Morgan fingerprint density at radius 2 is 1.87 bits per heavy atom. The first-order valence-corrected chi connectivity index (χ1v) is 5.31. The molecule has 1 aliphatic rings. The van der Waals surface area contributed by atoms with Gasteiger partial charge in [0.15, 0.2) is 5.78 Å². The predicted molar refractivity (Wildman–Crippen MR) is 62.8 cm³/mol. The van der Waals surface area contributed by atoms with Gasteiger partial charge in [0.05, 0.1) is 5.03 Å². The first kappa shape index (κ1) is 10.8. The molecule has 5 heteroatoms. The Labute approximate surface area is 102 Å². The molecule has 0 aliphatic carbocycles. The molecule has 2 nitrogen and oxygen atoms in total. The Morgan fingerprint density at radius 1 is 1.20 bits per heavy atom. The number of halogens is 3. The summed E-state index contributed by atoms with van der Waals surface area (Å²) in [6.07, 6.45) is 1.22. The summed E-state index contributed by atoms with van der Waals surface area (Å²) in [5, 5.41) is 2.85. The molecule has 0 amide bonds. The summed E-state index contributed by atoms with van der Waals surface area (Å²) in [6, 6.07) is 6.94. The molecule has 0 spiro atoms. The van der Waals surface area contributed by atoms with Crippen LogP contribution in [0.1, 0.15) is 10.4 Å². The van der Waals surface area contributed by atoms with Crippen LogP contribution in [-0.4, -0.2) is 10.2 Å². The molecule has 0 radical (unpaired) electrons. The van der Waals surface area contributed by atoms with Crippen molar-refractivity contribution in [1.29, 1.82) is 0 Å². The van der Waals surface area contributed by atoms with Gasteiger partial charge in [-0.2, -0.15) is 0 Å². The van der Waals surface area contributed by atoms with Crippen molar-refractivity contribution in [3.05, 3.63) is 40.9 Å². The second kappa shape index (κ2) is 3.71. The van der Waals surface area contributed by atoms with Crippen molar-refractivity contribution in [3.63, 3.8) is 0 Å². The van der Waals surface area contributed by atoms with E-state index in [-0.39, 0.29) is 10.8 Å². The summed E-state index contributed by atoms with van der Waals surface area (Å²) in [6.45, 7) is 0. The minimum Gasteiger partial charge on any atom is -0.349 e. The van der Waals surface area contributed by atoms with Gasteiger partial charge < -0.3 is 5.32 Å². The molecular formula is C10H6Cl3NO. The van der Waals surface area contributed by atoms with E-state index in [4.69, 9.17) is 34.8 Å². The molecule has 0 atom stereocenters. The molecule has 0 bridgehead atoms. The number of ketones is 1. The van der Waals surface area contributed by atoms with Crippen molar-refractivity contribution in [2.45, 2.75) is 4.46 Å². The molecule has 1 aromatic carbocycles. The number of carbonyl (C=O) groups excluding carboxylic acids is 1. The van der Waals surface area contributed by atoms with Crippen LogP contribution in [0.4, 0.5) is 5.69 Å². The van der Waals surface area contributed by atoms with Crippen LogP contribution in [-0.2, 0) is 0 Å². The molecule has 0 unspecified atom stereocenters. The largest absolute Gasteiger partial charge is 0.349 e.